The summed E-state index contributed by atoms with van der Waals surface area (Å²) in [5.41, 5.74) is 0. The van der Waals surface area contributed by atoms with Gasteiger partial charge in [0.05, 0.1) is 0 Å². The monoisotopic (exact) mass is 358 g/mol. The second kappa shape index (κ2) is 11.8. The Kier molecular flexibility index (Phi) is 10.8. The van der Waals surface area contributed by atoms with Crippen LogP contribution in [0.2, 0.25) is 0 Å². The largest absolute Gasteiger partial charge is 0.144 e. The lowest BCUT2D eigenvalue weighted by molar-refractivity contribution is 0.556. The molecular weight excluding hydrogens is 328 g/mol. The van der Waals surface area contributed by atoms with Gasteiger partial charge in [0.15, 0.2) is 0 Å². The van der Waals surface area contributed by atoms with E-state index in [1.807, 2.05) is 11.3 Å². The molecule has 0 aliphatic carbocycles. The molecule has 2 heteroatoms. The number of aryl methyl sites for hydroxylation is 1. The Hall–Kier alpha value is 0.180. The lowest BCUT2D eigenvalue weighted by Crippen LogP contribution is -1.87. The molecule has 0 fully saturated rings. The molecule has 116 valence electrons. The lowest BCUT2D eigenvalue weighted by atomic mass is 10.1. The van der Waals surface area contributed by atoms with Gasteiger partial charge in [0.1, 0.15) is 0 Å². The van der Waals surface area contributed by atoms with Gasteiger partial charge >= 0.3 is 0 Å². The predicted molar refractivity (Wildman–Crippen MR) is 97.2 cm³/mol. The van der Waals surface area contributed by atoms with Crippen LogP contribution in [0.5, 0.6) is 0 Å². The molecule has 1 heterocycles. The second-order valence-corrected chi connectivity index (χ2v) is 8.05. The van der Waals surface area contributed by atoms with Crippen molar-refractivity contribution in [3.05, 3.63) is 21.9 Å². The first kappa shape index (κ1) is 18.2. The molecule has 0 bridgehead atoms. The van der Waals surface area contributed by atoms with Crippen molar-refractivity contribution in [1.29, 1.82) is 0 Å². The van der Waals surface area contributed by atoms with Crippen LogP contribution >= 0.6 is 27.3 Å². The molecule has 1 rings (SSSR count). The quantitative estimate of drug-likeness (QED) is 0.265. The fourth-order valence-electron chi connectivity index (χ4n) is 2.53. The molecule has 1 aromatic heterocycles. The van der Waals surface area contributed by atoms with Gasteiger partial charge in [-0.05, 0) is 25.0 Å². The normalized spacial score (nSPS) is 12.8. The minimum atomic E-state index is 0.581. The number of halogens is 1. The van der Waals surface area contributed by atoms with Gasteiger partial charge in [0.25, 0.3) is 0 Å². The molecule has 0 aliphatic heterocycles. The van der Waals surface area contributed by atoms with E-state index < -0.39 is 0 Å². The molecule has 0 radical (unpaired) electrons. The summed E-state index contributed by atoms with van der Waals surface area (Å²) in [6, 6.07) is 4.58. The first-order chi connectivity index (χ1) is 9.77. The van der Waals surface area contributed by atoms with E-state index in [4.69, 9.17) is 0 Å². The Morgan fingerprint density at radius 1 is 0.900 bits per heavy atom. The highest BCUT2D eigenvalue weighted by atomic mass is 79.9. The van der Waals surface area contributed by atoms with Gasteiger partial charge in [0.2, 0.25) is 0 Å². The summed E-state index contributed by atoms with van der Waals surface area (Å²) in [4.78, 5) is 3.61. The average Bonchev–Trinajstić information content (AvgIpc) is 2.94. The van der Waals surface area contributed by atoms with Gasteiger partial charge in [0, 0.05) is 14.6 Å². The van der Waals surface area contributed by atoms with E-state index in [9.17, 15) is 0 Å². The standard InChI is InChI=1S/C18H31BrS/c1-3-5-6-7-8-9-10-11-12-13-17(19)18-15-14-16(4-2)20-18/h14-15,17H,3-13H2,1-2H3. The third kappa shape index (κ3) is 7.83. The second-order valence-electron chi connectivity index (χ2n) is 5.74. The summed E-state index contributed by atoms with van der Waals surface area (Å²) in [5.74, 6) is 0. The summed E-state index contributed by atoms with van der Waals surface area (Å²) < 4.78 is 0. The fourth-order valence-corrected chi connectivity index (χ4v) is 4.25. The molecule has 0 N–H and O–H groups in total. The zero-order valence-electron chi connectivity index (χ0n) is 13.3. The molecule has 0 saturated heterocycles. The summed E-state index contributed by atoms with van der Waals surface area (Å²) in [6.45, 7) is 4.52. The molecule has 20 heavy (non-hydrogen) atoms. The Morgan fingerprint density at radius 3 is 2.05 bits per heavy atom. The SMILES string of the molecule is CCCCCCCCCCCC(Br)c1ccc(CC)s1. The summed E-state index contributed by atoms with van der Waals surface area (Å²) in [7, 11) is 0. The zero-order chi connectivity index (χ0) is 14.6. The lowest BCUT2D eigenvalue weighted by Gasteiger charge is -2.07. The smallest absolute Gasteiger partial charge is 0.0489 e. The predicted octanol–water partition coefficient (Wildman–Crippen LogP) is 7.67. The Balaban J connectivity index is 1.98. The Labute approximate surface area is 138 Å². The first-order valence-corrected chi connectivity index (χ1v) is 10.2. The van der Waals surface area contributed by atoms with Crippen molar-refractivity contribution < 1.29 is 0 Å². The Morgan fingerprint density at radius 2 is 1.50 bits per heavy atom. The molecule has 0 amide bonds. The van der Waals surface area contributed by atoms with Crippen molar-refractivity contribution in [1.82, 2.24) is 0 Å². The number of thiophene rings is 1. The van der Waals surface area contributed by atoms with Gasteiger partial charge < -0.3 is 0 Å². The minimum absolute atomic E-state index is 0.581. The first-order valence-electron chi connectivity index (χ1n) is 8.50. The van der Waals surface area contributed by atoms with Crippen molar-refractivity contribution in [2.75, 3.05) is 0 Å². The van der Waals surface area contributed by atoms with Crippen LogP contribution < -0.4 is 0 Å². The molecule has 0 aromatic carbocycles. The number of hydrogen-bond acceptors (Lipinski definition) is 1. The van der Waals surface area contributed by atoms with Gasteiger partial charge in [-0.15, -0.1) is 11.3 Å². The molecule has 1 aromatic rings. The van der Waals surface area contributed by atoms with Crippen molar-refractivity contribution >= 4 is 27.3 Å². The van der Waals surface area contributed by atoms with Gasteiger partial charge in [-0.1, -0.05) is 87.6 Å². The number of alkyl halides is 1. The van der Waals surface area contributed by atoms with Crippen LogP contribution in [0.4, 0.5) is 0 Å². The molecule has 1 unspecified atom stereocenters. The third-order valence-electron chi connectivity index (χ3n) is 3.90. The van der Waals surface area contributed by atoms with Gasteiger partial charge in [-0.3, -0.25) is 0 Å². The van der Waals surface area contributed by atoms with Crippen LogP contribution in [0.3, 0.4) is 0 Å². The van der Waals surface area contributed by atoms with Crippen molar-refractivity contribution in [3.8, 4) is 0 Å². The molecular formula is C18H31BrS. The van der Waals surface area contributed by atoms with E-state index >= 15 is 0 Å². The van der Waals surface area contributed by atoms with E-state index in [-0.39, 0.29) is 0 Å². The third-order valence-corrected chi connectivity index (χ3v) is 6.50. The molecule has 0 saturated carbocycles. The van der Waals surface area contributed by atoms with E-state index in [0.29, 0.717) is 4.83 Å². The van der Waals surface area contributed by atoms with Crippen molar-refractivity contribution in [2.45, 2.75) is 89.3 Å². The highest BCUT2D eigenvalue weighted by Crippen LogP contribution is 2.33. The summed E-state index contributed by atoms with van der Waals surface area (Å²) in [6.07, 6.45) is 15.2. The van der Waals surface area contributed by atoms with Crippen LogP contribution in [0.25, 0.3) is 0 Å². The highest BCUT2D eigenvalue weighted by molar-refractivity contribution is 9.09. The van der Waals surface area contributed by atoms with Crippen molar-refractivity contribution in [3.63, 3.8) is 0 Å². The maximum absolute atomic E-state index is 3.85. The molecule has 0 spiro atoms. The van der Waals surface area contributed by atoms with Crippen LogP contribution in [-0.4, -0.2) is 0 Å². The number of rotatable bonds is 12. The number of hydrogen-bond donors (Lipinski definition) is 0. The highest BCUT2D eigenvalue weighted by Gasteiger charge is 2.09. The van der Waals surface area contributed by atoms with E-state index in [1.54, 1.807) is 0 Å². The van der Waals surface area contributed by atoms with E-state index in [2.05, 4.69) is 41.9 Å². The summed E-state index contributed by atoms with van der Waals surface area (Å²) in [5, 5.41) is 0. The zero-order valence-corrected chi connectivity index (χ0v) is 15.7. The van der Waals surface area contributed by atoms with E-state index in [0.717, 1.165) is 0 Å². The molecule has 0 aliphatic rings. The maximum Gasteiger partial charge on any atom is 0.0489 e. The number of unbranched alkanes of at least 4 members (excludes halogenated alkanes) is 8. The Bertz CT molecular complexity index is 332. The molecule has 0 nitrogen and oxygen atoms in total. The minimum Gasteiger partial charge on any atom is -0.144 e. The van der Waals surface area contributed by atoms with Gasteiger partial charge in [-0.25, -0.2) is 0 Å². The van der Waals surface area contributed by atoms with Crippen LogP contribution in [-0.2, 0) is 6.42 Å². The molecule has 1 atom stereocenters. The van der Waals surface area contributed by atoms with Crippen LogP contribution in [0, 0.1) is 0 Å². The van der Waals surface area contributed by atoms with Crippen LogP contribution in [0.1, 0.15) is 92.6 Å². The topological polar surface area (TPSA) is 0 Å². The fraction of sp³-hybridized carbons (Fsp3) is 0.778. The van der Waals surface area contributed by atoms with Gasteiger partial charge in [-0.2, -0.15) is 0 Å². The van der Waals surface area contributed by atoms with Crippen molar-refractivity contribution in [2.24, 2.45) is 0 Å². The average molecular weight is 359 g/mol. The van der Waals surface area contributed by atoms with Crippen LogP contribution in [0.15, 0.2) is 12.1 Å². The van der Waals surface area contributed by atoms with E-state index in [1.165, 1.54) is 80.4 Å². The summed E-state index contributed by atoms with van der Waals surface area (Å²) >= 11 is 5.82. The maximum atomic E-state index is 3.85.